The van der Waals surface area contributed by atoms with E-state index in [4.69, 9.17) is 13.9 Å². The van der Waals surface area contributed by atoms with Gasteiger partial charge in [0.05, 0.1) is 12.9 Å². The Balaban J connectivity index is 1.78. The lowest BCUT2D eigenvalue weighted by molar-refractivity contribution is -0.146. The molecule has 1 saturated heterocycles. The minimum Gasteiger partial charge on any atom is -0.466 e. The lowest BCUT2D eigenvalue weighted by Gasteiger charge is -1.98. The lowest BCUT2D eigenvalue weighted by Crippen LogP contribution is -2.10. The minimum absolute atomic E-state index is 0.186. The van der Waals surface area contributed by atoms with Crippen molar-refractivity contribution in [1.29, 1.82) is 0 Å². The maximum atomic E-state index is 10.9. The standard InChI is InChI=1S/C8H8O4/c9-8(7-5-11-7)12-4-6-2-1-3-10-6/h1-3,7H,4-5H2. The van der Waals surface area contributed by atoms with Gasteiger partial charge in [-0.2, -0.15) is 0 Å². The van der Waals surface area contributed by atoms with Crippen molar-refractivity contribution in [3.8, 4) is 0 Å². The van der Waals surface area contributed by atoms with Crippen molar-refractivity contribution >= 4 is 5.97 Å². The molecule has 1 fully saturated rings. The van der Waals surface area contributed by atoms with Gasteiger partial charge in [-0.3, -0.25) is 0 Å². The molecule has 0 bridgehead atoms. The molecule has 1 aliphatic rings. The molecule has 0 spiro atoms. The highest BCUT2D eigenvalue weighted by molar-refractivity contribution is 5.76. The zero-order chi connectivity index (χ0) is 8.39. The van der Waals surface area contributed by atoms with Gasteiger partial charge in [0.1, 0.15) is 12.4 Å². The molecule has 0 N–H and O–H groups in total. The normalized spacial score (nSPS) is 20.5. The molecule has 1 aliphatic heterocycles. The molecule has 0 amide bonds. The molecule has 1 aromatic rings. The molecule has 0 aliphatic carbocycles. The average Bonchev–Trinajstić information content (AvgIpc) is 2.80. The lowest BCUT2D eigenvalue weighted by atomic mass is 10.4. The first-order valence-electron chi connectivity index (χ1n) is 3.67. The van der Waals surface area contributed by atoms with Gasteiger partial charge in [-0.1, -0.05) is 0 Å². The predicted octanol–water partition coefficient (Wildman–Crippen LogP) is 0.722. The Morgan fingerprint density at radius 1 is 1.75 bits per heavy atom. The first-order chi connectivity index (χ1) is 5.86. The van der Waals surface area contributed by atoms with Crippen molar-refractivity contribution in [1.82, 2.24) is 0 Å². The quantitative estimate of drug-likeness (QED) is 0.493. The van der Waals surface area contributed by atoms with Crippen molar-refractivity contribution in [2.75, 3.05) is 6.61 Å². The van der Waals surface area contributed by atoms with E-state index in [1.807, 2.05) is 0 Å². The second-order valence-corrected chi connectivity index (χ2v) is 2.51. The summed E-state index contributed by atoms with van der Waals surface area (Å²) in [7, 11) is 0. The number of epoxide rings is 1. The Hall–Kier alpha value is -1.29. The SMILES string of the molecule is O=C(OCc1ccco1)C1CO1. The summed E-state index contributed by atoms with van der Waals surface area (Å²) in [6.45, 7) is 0.669. The van der Waals surface area contributed by atoms with E-state index >= 15 is 0 Å². The van der Waals surface area contributed by atoms with Crippen LogP contribution >= 0.6 is 0 Å². The second-order valence-electron chi connectivity index (χ2n) is 2.51. The van der Waals surface area contributed by atoms with E-state index in [2.05, 4.69) is 0 Å². The van der Waals surface area contributed by atoms with Crippen LogP contribution < -0.4 is 0 Å². The van der Waals surface area contributed by atoms with Gasteiger partial charge >= 0.3 is 5.97 Å². The average molecular weight is 168 g/mol. The third kappa shape index (κ3) is 1.65. The van der Waals surface area contributed by atoms with E-state index in [0.717, 1.165) is 0 Å². The molecule has 64 valence electrons. The topological polar surface area (TPSA) is 52.0 Å². The summed E-state index contributed by atoms with van der Waals surface area (Å²) in [6, 6.07) is 3.50. The largest absolute Gasteiger partial charge is 0.466 e. The first kappa shape index (κ1) is 7.36. The van der Waals surface area contributed by atoms with Gasteiger partial charge in [0.25, 0.3) is 0 Å². The Bertz CT molecular complexity index is 261. The molecule has 4 heteroatoms. The number of esters is 1. The van der Waals surface area contributed by atoms with Crippen LogP contribution in [-0.4, -0.2) is 18.7 Å². The number of hydrogen-bond acceptors (Lipinski definition) is 4. The fourth-order valence-corrected chi connectivity index (χ4v) is 0.814. The molecule has 1 atom stereocenters. The van der Waals surface area contributed by atoms with Gasteiger partial charge in [-0.05, 0) is 12.1 Å². The van der Waals surface area contributed by atoms with E-state index < -0.39 is 0 Å². The van der Waals surface area contributed by atoms with E-state index in [1.54, 1.807) is 12.1 Å². The van der Waals surface area contributed by atoms with Crippen molar-refractivity contribution < 1.29 is 18.7 Å². The molecule has 1 aromatic heterocycles. The molecule has 1 unspecified atom stereocenters. The first-order valence-corrected chi connectivity index (χ1v) is 3.67. The minimum atomic E-state index is -0.333. The van der Waals surface area contributed by atoms with Gasteiger partial charge in [0.2, 0.25) is 0 Å². The maximum Gasteiger partial charge on any atom is 0.338 e. The van der Waals surface area contributed by atoms with Gasteiger partial charge in [-0.25, -0.2) is 4.79 Å². The number of rotatable bonds is 3. The van der Waals surface area contributed by atoms with Gasteiger partial charge < -0.3 is 13.9 Å². The summed E-state index contributed by atoms with van der Waals surface area (Å²) >= 11 is 0. The highest BCUT2D eigenvalue weighted by atomic mass is 16.6. The van der Waals surface area contributed by atoms with Crippen LogP contribution in [0.1, 0.15) is 5.76 Å². The highest BCUT2D eigenvalue weighted by Gasteiger charge is 2.32. The molecule has 0 radical (unpaired) electrons. The smallest absolute Gasteiger partial charge is 0.338 e. The molecule has 0 saturated carbocycles. The van der Waals surface area contributed by atoms with Crippen LogP contribution in [0.25, 0.3) is 0 Å². The highest BCUT2D eigenvalue weighted by Crippen LogP contribution is 2.12. The fourth-order valence-electron chi connectivity index (χ4n) is 0.814. The van der Waals surface area contributed by atoms with Crippen molar-refractivity contribution in [2.45, 2.75) is 12.7 Å². The fraction of sp³-hybridized carbons (Fsp3) is 0.375. The van der Waals surface area contributed by atoms with Crippen molar-refractivity contribution in [3.05, 3.63) is 24.2 Å². The molecule has 0 aromatic carbocycles. The van der Waals surface area contributed by atoms with Crippen LogP contribution in [-0.2, 0) is 20.9 Å². The molecule has 2 heterocycles. The molecule has 2 rings (SSSR count). The summed E-state index contributed by atoms with van der Waals surface area (Å²) in [5.74, 6) is 0.329. The molecule has 4 nitrogen and oxygen atoms in total. The van der Waals surface area contributed by atoms with Crippen LogP contribution in [0.3, 0.4) is 0 Å². The number of furan rings is 1. The van der Waals surface area contributed by atoms with Gasteiger partial charge in [0, 0.05) is 0 Å². The number of carbonyl (C=O) groups excluding carboxylic acids is 1. The van der Waals surface area contributed by atoms with Gasteiger partial charge in [-0.15, -0.1) is 0 Å². The van der Waals surface area contributed by atoms with Crippen LogP contribution in [0.15, 0.2) is 22.8 Å². The molecular formula is C8H8O4. The van der Waals surface area contributed by atoms with Crippen LogP contribution in [0.5, 0.6) is 0 Å². The summed E-state index contributed by atoms with van der Waals surface area (Å²) < 4.78 is 14.6. The third-order valence-corrected chi connectivity index (χ3v) is 1.53. The third-order valence-electron chi connectivity index (χ3n) is 1.53. The van der Waals surface area contributed by atoms with E-state index in [1.165, 1.54) is 6.26 Å². The number of ether oxygens (including phenoxy) is 2. The zero-order valence-corrected chi connectivity index (χ0v) is 6.36. The summed E-state index contributed by atoms with van der Waals surface area (Å²) in [6.07, 6.45) is 1.21. The summed E-state index contributed by atoms with van der Waals surface area (Å²) in [5.41, 5.74) is 0. The number of hydrogen-bond donors (Lipinski definition) is 0. The van der Waals surface area contributed by atoms with Crippen molar-refractivity contribution in [2.24, 2.45) is 0 Å². The Morgan fingerprint density at radius 2 is 2.58 bits per heavy atom. The van der Waals surface area contributed by atoms with E-state index in [0.29, 0.717) is 12.4 Å². The van der Waals surface area contributed by atoms with Gasteiger partial charge in [0.15, 0.2) is 6.10 Å². The van der Waals surface area contributed by atoms with Crippen LogP contribution in [0, 0.1) is 0 Å². The van der Waals surface area contributed by atoms with Crippen LogP contribution in [0.4, 0.5) is 0 Å². The molecule has 12 heavy (non-hydrogen) atoms. The summed E-state index contributed by atoms with van der Waals surface area (Å²) in [5, 5.41) is 0. The Labute approximate surface area is 69.1 Å². The van der Waals surface area contributed by atoms with Crippen molar-refractivity contribution in [3.63, 3.8) is 0 Å². The monoisotopic (exact) mass is 168 g/mol. The van der Waals surface area contributed by atoms with E-state index in [9.17, 15) is 4.79 Å². The van der Waals surface area contributed by atoms with Crippen LogP contribution in [0.2, 0.25) is 0 Å². The van der Waals surface area contributed by atoms with E-state index in [-0.39, 0.29) is 18.7 Å². The Kier molecular flexibility index (Phi) is 1.83. The maximum absolute atomic E-state index is 10.9. The second kappa shape index (κ2) is 2.98. The summed E-state index contributed by atoms with van der Waals surface area (Å²) in [4.78, 5) is 10.9. The molecular weight excluding hydrogens is 160 g/mol. The Morgan fingerprint density at radius 3 is 3.17 bits per heavy atom. The predicted molar refractivity (Wildman–Crippen MR) is 38.2 cm³/mol. The number of carbonyl (C=O) groups is 1. The zero-order valence-electron chi connectivity index (χ0n) is 6.36.